The van der Waals surface area contributed by atoms with E-state index in [4.69, 9.17) is 4.74 Å². The van der Waals surface area contributed by atoms with Crippen LogP contribution in [-0.4, -0.2) is 6.61 Å². The van der Waals surface area contributed by atoms with Crippen LogP contribution < -0.4 is 0 Å². The molecular weight excluding hydrogens is 196 g/mol. The molecule has 0 fully saturated rings. The first kappa shape index (κ1) is 14.8. The molecule has 0 aliphatic carbocycles. The van der Waals surface area contributed by atoms with Crippen molar-refractivity contribution in [3.05, 3.63) is 47.8 Å². The molecule has 0 unspecified atom stereocenters. The summed E-state index contributed by atoms with van der Waals surface area (Å²) in [5, 5.41) is 0. The van der Waals surface area contributed by atoms with Gasteiger partial charge in [-0.2, -0.15) is 0 Å². The third kappa shape index (κ3) is 7.10. The van der Waals surface area contributed by atoms with E-state index in [0.29, 0.717) is 6.61 Å². The van der Waals surface area contributed by atoms with Gasteiger partial charge in [0.1, 0.15) is 6.61 Å². The fourth-order valence-corrected chi connectivity index (χ4v) is 1.17. The number of hydrogen-bond donors (Lipinski definition) is 0. The molecular formula is C15H24O. The Morgan fingerprint density at radius 2 is 1.88 bits per heavy atom. The third-order valence-corrected chi connectivity index (χ3v) is 2.34. The Morgan fingerprint density at radius 3 is 2.38 bits per heavy atom. The lowest BCUT2D eigenvalue weighted by Gasteiger charge is -2.08. The average Bonchev–Trinajstić information content (AvgIpc) is 2.31. The summed E-state index contributed by atoms with van der Waals surface area (Å²) in [5.74, 6) is 0.941. The first-order valence-corrected chi connectivity index (χ1v) is 5.92. The monoisotopic (exact) mass is 220 g/mol. The molecule has 0 aromatic rings. The van der Waals surface area contributed by atoms with Gasteiger partial charge in [-0.05, 0) is 38.3 Å². The second kappa shape index (κ2) is 9.02. The van der Waals surface area contributed by atoms with Crippen LogP contribution in [0, 0.1) is 0 Å². The van der Waals surface area contributed by atoms with Crippen LogP contribution in [0.15, 0.2) is 47.8 Å². The Kier molecular flexibility index (Phi) is 8.32. The molecule has 0 aromatic heterocycles. The molecule has 0 heterocycles. The molecule has 0 radical (unpaired) electrons. The summed E-state index contributed by atoms with van der Waals surface area (Å²) < 4.78 is 5.66. The molecule has 1 nitrogen and oxygen atoms in total. The third-order valence-electron chi connectivity index (χ3n) is 2.34. The Bertz CT molecular complexity index is 293. The van der Waals surface area contributed by atoms with Crippen molar-refractivity contribution in [3.8, 4) is 0 Å². The van der Waals surface area contributed by atoms with Gasteiger partial charge < -0.3 is 4.74 Å². The quantitative estimate of drug-likeness (QED) is 0.340. The number of hydrogen-bond acceptors (Lipinski definition) is 1. The number of rotatable bonds is 7. The fourth-order valence-electron chi connectivity index (χ4n) is 1.17. The highest BCUT2D eigenvalue weighted by Gasteiger charge is 1.94. The van der Waals surface area contributed by atoms with Crippen LogP contribution in [0.1, 0.15) is 40.5 Å². The van der Waals surface area contributed by atoms with Crippen LogP contribution >= 0.6 is 0 Å². The van der Waals surface area contributed by atoms with Crippen LogP contribution in [0.2, 0.25) is 0 Å². The van der Waals surface area contributed by atoms with Crippen molar-refractivity contribution < 1.29 is 4.74 Å². The number of allylic oxidation sites excluding steroid dienone is 6. The number of ether oxygens (including phenoxy) is 1. The van der Waals surface area contributed by atoms with Gasteiger partial charge in [-0.15, -0.1) is 0 Å². The van der Waals surface area contributed by atoms with Gasteiger partial charge in [-0.25, -0.2) is 0 Å². The van der Waals surface area contributed by atoms with Gasteiger partial charge in [0.05, 0.1) is 5.76 Å². The molecule has 0 bridgehead atoms. The average molecular weight is 220 g/mol. The van der Waals surface area contributed by atoms with Gasteiger partial charge in [0.15, 0.2) is 0 Å². The highest BCUT2D eigenvalue weighted by molar-refractivity contribution is 5.20. The Hall–Kier alpha value is -1.24. The molecule has 0 amide bonds. The molecule has 0 aromatic carbocycles. The minimum Gasteiger partial charge on any atom is -0.494 e. The zero-order valence-corrected chi connectivity index (χ0v) is 11.0. The molecule has 1 heteroatoms. The molecule has 0 atom stereocenters. The second-order valence-electron chi connectivity index (χ2n) is 3.80. The van der Waals surface area contributed by atoms with Gasteiger partial charge in [-0.3, -0.25) is 0 Å². The van der Waals surface area contributed by atoms with Crippen LogP contribution in [-0.2, 0) is 4.74 Å². The van der Waals surface area contributed by atoms with Gasteiger partial charge in [0, 0.05) is 0 Å². The van der Waals surface area contributed by atoms with Crippen LogP contribution in [0.4, 0.5) is 0 Å². The van der Waals surface area contributed by atoms with E-state index in [2.05, 4.69) is 26.5 Å². The zero-order chi connectivity index (χ0) is 12.4. The van der Waals surface area contributed by atoms with Crippen LogP contribution in [0.5, 0.6) is 0 Å². The molecule has 90 valence electrons. The standard InChI is InChI=1S/C15H24O/c1-6-9-15(8-3)12-16-14(5)11-10-13(4)7-2/h7,9-11H,2,6,8,12H2,1,3-5H3/b13-10-,14-11+,15-9+. The molecule has 0 rings (SSSR count). The summed E-state index contributed by atoms with van der Waals surface area (Å²) in [4.78, 5) is 0. The lowest BCUT2D eigenvalue weighted by molar-refractivity contribution is 0.239. The van der Waals surface area contributed by atoms with Gasteiger partial charge in [0.2, 0.25) is 0 Å². The summed E-state index contributed by atoms with van der Waals surface area (Å²) in [7, 11) is 0. The van der Waals surface area contributed by atoms with Crippen molar-refractivity contribution in [3.63, 3.8) is 0 Å². The highest BCUT2D eigenvalue weighted by Crippen LogP contribution is 2.07. The van der Waals surface area contributed by atoms with Gasteiger partial charge in [0.25, 0.3) is 0 Å². The Labute approximate surface area is 100 Å². The predicted octanol–water partition coefficient (Wildman–Crippen LogP) is 4.79. The van der Waals surface area contributed by atoms with Gasteiger partial charge in [-0.1, -0.05) is 44.2 Å². The lowest BCUT2D eigenvalue weighted by atomic mass is 10.2. The maximum absolute atomic E-state index is 5.66. The van der Waals surface area contributed by atoms with E-state index in [1.165, 1.54) is 5.57 Å². The molecule has 0 aliphatic heterocycles. The lowest BCUT2D eigenvalue weighted by Crippen LogP contribution is -1.96. The van der Waals surface area contributed by atoms with Crippen molar-refractivity contribution in [2.75, 3.05) is 6.61 Å². The minimum absolute atomic E-state index is 0.702. The fraction of sp³-hybridized carbons (Fsp3) is 0.467. The van der Waals surface area contributed by atoms with Crippen molar-refractivity contribution in [2.24, 2.45) is 0 Å². The minimum atomic E-state index is 0.702. The zero-order valence-electron chi connectivity index (χ0n) is 11.0. The molecule has 0 aliphatic rings. The van der Waals surface area contributed by atoms with Crippen LogP contribution in [0.3, 0.4) is 0 Å². The van der Waals surface area contributed by atoms with E-state index in [0.717, 1.165) is 24.2 Å². The van der Waals surface area contributed by atoms with E-state index in [1.54, 1.807) is 0 Å². The van der Waals surface area contributed by atoms with E-state index in [1.807, 2.05) is 32.1 Å². The van der Waals surface area contributed by atoms with E-state index < -0.39 is 0 Å². The summed E-state index contributed by atoms with van der Waals surface area (Å²) in [5.41, 5.74) is 2.50. The van der Waals surface area contributed by atoms with Crippen molar-refractivity contribution >= 4 is 0 Å². The predicted molar refractivity (Wildman–Crippen MR) is 72.3 cm³/mol. The molecule has 0 saturated heterocycles. The van der Waals surface area contributed by atoms with Crippen molar-refractivity contribution in [2.45, 2.75) is 40.5 Å². The maximum Gasteiger partial charge on any atom is 0.109 e. The van der Waals surface area contributed by atoms with Crippen LogP contribution in [0.25, 0.3) is 0 Å². The van der Waals surface area contributed by atoms with E-state index in [9.17, 15) is 0 Å². The molecule has 16 heavy (non-hydrogen) atoms. The molecule has 0 spiro atoms. The largest absolute Gasteiger partial charge is 0.494 e. The Morgan fingerprint density at radius 1 is 1.19 bits per heavy atom. The summed E-state index contributed by atoms with van der Waals surface area (Å²) >= 11 is 0. The summed E-state index contributed by atoms with van der Waals surface area (Å²) in [6, 6.07) is 0. The Balaban J connectivity index is 4.20. The van der Waals surface area contributed by atoms with E-state index in [-0.39, 0.29) is 0 Å². The van der Waals surface area contributed by atoms with Gasteiger partial charge >= 0.3 is 0 Å². The second-order valence-corrected chi connectivity index (χ2v) is 3.80. The van der Waals surface area contributed by atoms with Crippen molar-refractivity contribution in [1.82, 2.24) is 0 Å². The summed E-state index contributed by atoms with van der Waals surface area (Å²) in [6.07, 6.45) is 10.2. The summed E-state index contributed by atoms with van der Waals surface area (Å²) in [6.45, 7) is 12.7. The first-order valence-electron chi connectivity index (χ1n) is 5.92. The maximum atomic E-state index is 5.66. The highest BCUT2D eigenvalue weighted by atomic mass is 16.5. The van der Waals surface area contributed by atoms with Crippen molar-refractivity contribution in [1.29, 1.82) is 0 Å². The first-order chi connectivity index (χ1) is 7.63. The topological polar surface area (TPSA) is 9.23 Å². The SMILES string of the molecule is C=C/C(C)=C\C=C(/C)OC/C(=C/CC)CC. The van der Waals surface area contributed by atoms with E-state index >= 15 is 0 Å². The molecule has 0 saturated carbocycles. The normalized spacial score (nSPS) is 13.9. The molecule has 0 N–H and O–H groups in total. The smallest absolute Gasteiger partial charge is 0.109 e.